The maximum Gasteiger partial charge on any atom is 0.417 e. The SMILES string of the molecule is O=C(Nc1ccc(Oc2ncnc3cc(OCCCN4CCOCC4)c4c(c23)OCCO4)c(F)c1)Nc1ccc(Cl)c(C(F)(F)F)c1. The summed E-state index contributed by atoms with van der Waals surface area (Å²) in [5.74, 6) is 0.0369. The predicted molar refractivity (Wildman–Crippen MR) is 163 cm³/mol. The van der Waals surface area contributed by atoms with Crippen LogP contribution in [0.3, 0.4) is 0 Å². The molecular formula is C31H28ClF4N5O6. The van der Waals surface area contributed by atoms with E-state index in [9.17, 15) is 18.0 Å². The lowest BCUT2D eigenvalue weighted by Gasteiger charge is -2.26. The summed E-state index contributed by atoms with van der Waals surface area (Å²) in [5.41, 5.74) is -0.835. The van der Waals surface area contributed by atoms with Gasteiger partial charge in [-0.2, -0.15) is 13.2 Å². The van der Waals surface area contributed by atoms with E-state index in [1.54, 1.807) is 6.07 Å². The lowest BCUT2D eigenvalue weighted by molar-refractivity contribution is -0.137. The quantitative estimate of drug-likeness (QED) is 0.147. The van der Waals surface area contributed by atoms with Crippen molar-refractivity contribution in [2.24, 2.45) is 0 Å². The van der Waals surface area contributed by atoms with Crippen LogP contribution in [0.15, 0.2) is 48.8 Å². The van der Waals surface area contributed by atoms with E-state index in [-0.39, 0.29) is 29.6 Å². The molecule has 2 aliphatic rings. The number of nitrogens with zero attached hydrogens (tertiary/aromatic N) is 3. The van der Waals surface area contributed by atoms with E-state index in [0.29, 0.717) is 47.4 Å². The Kier molecular flexibility index (Phi) is 9.66. The summed E-state index contributed by atoms with van der Waals surface area (Å²) < 4.78 is 83.8. The number of hydrogen-bond acceptors (Lipinski definition) is 9. The van der Waals surface area contributed by atoms with Gasteiger partial charge in [-0.05, 0) is 36.8 Å². The van der Waals surface area contributed by atoms with Gasteiger partial charge in [-0.15, -0.1) is 0 Å². The summed E-state index contributed by atoms with van der Waals surface area (Å²) in [5, 5.41) is 4.47. The number of anilines is 2. The standard InChI is InChI=1S/C31H28ClF4N5O6/c32-21-4-2-18(14-20(21)31(34,35)36)39-30(42)40-19-3-5-24(22(33)15-19)47-29-26-23(37-17-38-29)16-25(27-28(26)46-13-12-45-27)44-9-1-6-41-7-10-43-11-8-41/h2-5,14-17H,1,6-13H2,(H2,39,40,42). The molecule has 2 aliphatic heterocycles. The van der Waals surface area contributed by atoms with Crippen molar-refractivity contribution in [1.29, 1.82) is 0 Å². The van der Waals surface area contributed by atoms with Crippen molar-refractivity contribution >= 4 is 39.9 Å². The van der Waals surface area contributed by atoms with Crippen molar-refractivity contribution in [3.05, 3.63) is 65.2 Å². The largest absolute Gasteiger partial charge is 0.489 e. The number of amides is 2. The molecule has 3 heterocycles. The molecule has 1 saturated heterocycles. The van der Waals surface area contributed by atoms with Gasteiger partial charge < -0.3 is 34.3 Å². The number of carbonyl (C=O) groups is 1. The topological polar surface area (TPSA) is 116 Å². The number of nitrogens with one attached hydrogen (secondary N) is 2. The fourth-order valence-electron chi connectivity index (χ4n) is 5.04. The van der Waals surface area contributed by atoms with Gasteiger partial charge in [-0.25, -0.2) is 19.2 Å². The summed E-state index contributed by atoms with van der Waals surface area (Å²) in [4.78, 5) is 23.3. The van der Waals surface area contributed by atoms with Crippen molar-refractivity contribution in [2.45, 2.75) is 12.6 Å². The summed E-state index contributed by atoms with van der Waals surface area (Å²) >= 11 is 5.62. The van der Waals surface area contributed by atoms with Crippen LogP contribution in [0.25, 0.3) is 10.9 Å². The number of benzene rings is 3. The minimum absolute atomic E-state index is 0.00354. The first-order valence-electron chi connectivity index (χ1n) is 14.6. The average molecular weight is 678 g/mol. The molecule has 0 aliphatic carbocycles. The molecule has 0 bridgehead atoms. The number of rotatable bonds is 9. The fourth-order valence-corrected chi connectivity index (χ4v) is 5.27. The number of urea groups is 1. The molecule has 2 N–H and O–H groups in total. The van der Waals surface area contributed by atoms with E-state index < -0.39 is 28.6 Å². The van der Waals surface area contributed by atoms with Crippen LogP contribution in [0, 0.1) is 5.82 Å². The molecule has 0 spiro atoms. The molecule has 0 saturated carbocycles. The predicted octanol–water partition coefficient (Wildman–Crippen LogP) is 6.75. The Morgan fingerprint density at radius 2 is 1.66 bits per heavy atom. The average Bonchev–Trinajstić information content (AvgIpc) is 3.05. The molecule has 248 valence electrons. The summed E-state index contributed by atoms with van der Waals surface area (Å²) in [6.07, 6.45) is -2.66. The van der Waals surface area contributed by atoms with Crippen LogP contribution < -0.4 is 29.6 Å². The van der Waals surface area contributed by atoms with E-state index in [0.717, 1.165) is 51.4 Å². The van der Waals surface area contributed by atoms with Gasteiger partial charge in [0.1, 0.15) is 24.9 Å². The van der Waals surface area contributed by atoms with Crippen LogP contribution in [-0.2, 0) is 10.9 Å². The van der Waals surface area contributed by atoms with Gasteiger partial charge in [-0.3, -0.25) is 4.90 Å². The van der Waals surface area contributed by atoms with E-state index in [4.69, 9.17) is 35.3 Å². The molecule has 0 unspecified atom stereocenters. The van der Waals surface area contributed by atoms with Crippen LogP contribution in [0.1, 0.15) is 12.0 Å². The lowest BCUT2D eigenvalue weighted by atomic mass is 10.1. The Labute approximate surface area is 270 Å². The second-order valence-corrected chi connectivity index (χ2v) is 10.9. The van der Waals surface area contributed by atoms with Crippen LogP contribution in [0.4, 0.5) is 33.7 Å². The minimum atomic E-state index is -4.71. The summed E-state index contributed by atoms with van der Waals surface area (Å²) in [6.45, 7) is 5.06. The number of alkyl halides is 3. The molecule has 3 aromatic carbocycles. The number of hydrogen-bond donors (Lipinski definition) is 2. The number of ether oxygens (including phenoxy) is 5. The van der Waals surface area contributed by atoms with E-state index in [1.165, 1.54) is 24.5 Å². The molecule has 2 amide bonds. The molecule has 1 fully saturated rings. The third-order valence-corrected chi connectivity index (χ3v) is 7.58. The van der Waals surface area contributed by atoms with Gasteiger partial charge in [0, 0.05) is 43.1 Å². The molecule has 11 nitrogen and oxygen atoms in total. The first-order valence-corrected chi connectivity index (χ1v) is 15.0. The highest BCUT2D eigenvalue weighted by Crippen LogP contribution is 2.48. The Morgan fingerprint density at radius 3 is 2.40 bits per heavy atom. The maximum atomic E-state index is 15.2. The third-order valence-electron chi connectivity index (χ3n) is 7.25. The monoisotopic (exact) mass is 677 g/mol. The number of aromatic nitrogens is 2. The van der Waals surface area contributed by atoms with E-state index in [2.05, 4.69) is 25.5 Å². The first kappa shape index (κ1) is 32.3. The molecule has 47 heavy (non-hydrogen) atoms. The van der Waals surface area contributed by atoms with Gasteiger partial charge in [0.05, 0.1) is 35.9 Å². The number of carbonyl (C=O) groups excluding carboxylic acids is 1. The highest BCUT2D eigenvalue weighted by atomic mass is 35.5. The zero-order chi connectivity index (χ0) is 33.0. The third kappa shape index (κ3) is 7.69. The minimum Gasteiger partial charge on any atom is -0.489 e. The van der Waals surface area contributed by atoms with Gasteiger partial charge in [0.25, 0.3) is 0 Å². The molecule has 6 rings (SSSR count). The molecule has 1 aromatic heterocycles. The zero-order valence-corrected chi connectivity index (χ0v) is 25.4. The van der Waals surface area contributed by atoms with Crippen molar-refractivity contribution in [3.8, 4) is 28.9 Å². The Bertz CT molecular complexity index is 1770. The molecule has 0 radical (unpaired) electrons. The van der Waals surface area contributed by atoms with Gasteiger partial charge >= 0.3 is 12.2 Å². The normalized spacial score (nSPS) is 14.9. The fraction of sp³-hybridized carbons (Fsp3) is 0.323. The Balaban J connectivity index is 1.15. The second-order valence-electron chi connectivity index (χ2n) is 10.5. The van der Waals surface area contributed by atoms with Crippen LogP contribution in [0.2, 0.25) is 5.02 Å². The maximum absolute atomic E-state index is 15.2. The Morgan fingerprint density at radius 1 is 0.936 bits per heavy atom. The van der Waals surface area contributed by atoms with E-state index in [1.807, 2.05) is 0 Å². The zero-order valence-electron chi connectivity index (χ0n) is 24.7. The number of halogens is 5. The highest BCUT2D eigenvalue weighted by molar-refractivity contribution is 6.31. The van der Waals surface area contributed by atoms with Crippen molar-refractivity contribution in [1.82, 2.24) is 14.9 Å². The van der Waals surface area contributed by atoms with Crippen LogP contribution >= 0.6 is 11.6 Å². The van der Waals surface area contributed by atoms with Crippen LogP contribution in [-0.4, -0.2) is 73.6 Å². The van der Waals surface area contributed by atoms with Crippen molar-refractivity contribution in [3.63, 3.8) is 0 Å². The van der Waals surface area contributed by atoms with Gasteiger partial charge in [-0.1, -0.05) is 11.6 Å². The smallest absolute Gasteiger partial charge is 0.417 e. The molecule has 16 heteroatoms. The highest BCUT2D eigenvalue weighted by Gasteiger charge is 2.33. The van der Waals surface area contributed by atoms with Crippen molar-refractivity contribution in [2.75, 3.05) is 63.3 Å². The van der Waals surface area contributed by atoms with Gasteiger partial charge in [0.2, 0.25) is 11.6 Å². The summed E-state index contributed by atoms with van der Waals surface area (Å²) in [6, 6.07) is 7.29. The van der Waals surface area contributed by atoms with Gasteiger partial charge in [0.15, 0.2) is 23.1 Å². The molecule has 4 aromatic rings. The molecular weight excluding hydrogens is 650 g/mol. The Hall–Kier alpha value is -4.60. The number of morpholine rings is 1. The first-order chi connectivity index (χ1) is 22.7. The molecule has 0 atom stereocenters. The second kappa shape index (κ2) is 14.0. The van der Waals surface area contributed by atoms with Crippen molar-refractivity contribution < 1.29 is 46.0 Å². The van der Waals surface area contributed by atoms with Crippen LogP contribution in [0.5, 0.6) is 28.9 Å². The summed E-state index contributed by atoms with van der Waals surface area (Å²) in [7, 11) is 0. The lowest BCUT2D eigenvalue weighted by Crippen LogP contribution is -2.37. The number of fused-ring (bicyclic) bond motifs is 3. The van der Waals surface area contributed by atoms with E-state index >= 15 is 4.39 Å².